The minimum absolute atomic E-state index is 0.125. The number of nitrogens with zero attached hydrogens (tertiary/aromatic N) is 2. The third-order valence-corrected chi connectivity index (χ3v) is 9.26. The standard InChI is InChI=1S/C27H36N2O/c1-5-7-24-23(6-2)28-17-29(24)25-11-10-21-20-9-8-18-16-19(30)12-14-26(18,3)22(20)13-15-27(21,25)4/h5-8,11,17,19-22,30H,1,9-10,12-16H2,2-4H3/b23-6+,24-7+. The van der Waals surface area contributed by atoms with E-state index in [2.05, 4.69) is 61.2 Å². The van der Waals surface area contributed by atoms with E-state index in [4.69, 9.17) is 0 Å². The van der Waals surface area contributed by atoms with E-state index in [1.165, 1.54) is 31.4 Å². The van der Waals surface area contributed by atoms with Gasteiger partial charge in [0.2, 0.25) is 0 Å². The fourth-order valence-corrected chi connectivity index (χ4v) is 7.62. The summed E-state index contributed by atoms with van der Waals surface area (Å²) in [6.45, 7) is 11.0. The van der Waals surface area contributed by atoms with Crippen LogP contribution < -0.4 is 10.7 Å². The lowest BCUT2D eigenvalue weighted by atomic mass is 9.48. The molecule has 0 radical (unpaired) electrons. The van der Waals surface area contributed by atoms with Crippen molar-refractivity contribution < 1.29 is 5.11 Å². The normalized spacial score (nSPS) is 41.6. The zero-order valence-electron chi connectivity index (χ0n) is 18.8. The van der Waals surface area contributed by atoms with Crippen molar-refractivity contribution in [3.63, 3.8) is 0 Å². The number of hydrogen-bond acceptors (Lipinski definition) is 2. The first-order valence-corrected chi connectivity index (χ1v) is 11.8. The van der Waals surface area contributed by atoms with Crippen molar-refractivity contribution >= 4 is 17.8 Å². The maximum absolute atomic E-state index is 10.2. The molecule has 1 aromatic rings. The molecule has 4 aliphatic rings. The van der Waals surface area contributed by atoms with Gasteiger partial charge in [-0.2, -0.15) is 0 Å². The minimum atomic E-state index is -0.125. The van der Waals surface area contributed by atoms with Crippen LogP contribution in [-0.4, -0.2) is 20.8 Å². The van der Waals surface area contributed by atoms with Crippen LogP contribution in [0, 0.1) is 28.6 Å². The van der Waals surface area contributed by atoms with Crippen molar-refractivity contribution in [3.05, 3.63) is 47.4 Å². The Hall–Kier alpha value is -1.87. The van der Waals surface area contributed by atoms with Gasteiger partial charge in [-0.15, -0.1) is 0 Å². The summed E-state index contributed by atoms with van der Waals surface area (Å²) < 4.78 is 2.33. The summed E-state index contributed by atoms with van der Waals surface area (Å²) >= 11 is 0. The first kappa shape index (κ1) is 20.1. The number of aliphatic hydroxyl groups is 1. The van der Waals surface area contributed by atoms with Crippen LogP contribution in [0.5, 0.6) is 0 Å². The molecule has 0 amide bonds. The second-order valence-electron chi connectivity index (χ2n) is 10.5. The van der Waals surface area contributed by atoms with Crippen molar-refractivity contribution in [1.82, 2.24) is 9.55 Å². The topological polar surface area (TPSA) is 38.0 Å². The van der Waals surface area contributed by atoms with Crippen LogP contribution in [0.25, 0.3) is 17.8 Å². The lowest BCUT2D eigenvalue weighted by molar-refractivity contribution is -0.0250. The van der Waals surface area contributed by atoms with E-state index in [1.807, 2.05) is 12.4 Å². The Labute approximate surface area is 180 Å². The molecule has 160 valence electrons. The molecule has 0 bridgehead atoms. The SMILES string of the molecule is C=C/C=c1\c(=C/C)ncn1C1=CCC2C3CC=C4CC(O)CCC4(C)C3CCC12C. The van der Waals surface area contributed by atoms with Crippen molar-refractivity contribution in [2.45, 2.75) is 71.8 Å². The van der Waals surface area contributed by atoms with Gasteiger partial charge in [-0.05, 0) is 81.1 Å². The molecule has 2 saturated carbocycles. The van der Waals surface area contributed by atoms with Crippen molar-refractivity contribution in [2.24, 2.45) is 28.6 Å². The van der Waals surface area contributed by atoms with Gasteiger partial charge >= 0.3 is 0 Å². The van der Waals surface area contributed by atoms with Crippen molar-refractivity contribution in [1.29, 1.82) is 0 Å². The zero-order valence-corrected chi connectivity index (χ0v) is 18.8. The van der Waals surface area contributed by atoms with Gasteiger partial charge in [0, 0.05) is 11.1 Å². The molecular formula is C27H36N2O. The molecule has 4 aliphatic carbocycles. The molecule has 5 rings (SSSR count). The molecule has 0 aliphatic heterocycles. The van der Waals surface area contributed by atoms with Crippen molar-refractivity contribution in [3.8, 4) is 0 Å². The summed E-state index contributed by atoms with van der Waals surface area (Å²) in [5.74, 6) is 2.20. The highest BCUT2D eigenvalue weighted by molar-refractivity contribution is 5.58. The Morgan fingerprint density at radius 3 is 2.70 bits per heavy atom. The van der Waals surface area contributed by atoms with Gasteiger partial charge in [-0.1, -0.05) is 50.3 Å². The lowest BCUT2D eigenvalue weighted by Gasteiger charge is -2.57. The summed E-state index contributed by atoms with van der Waals surface area (Å²) in [7, 11) is 0. The highest BCUT2D eigenvalue weighted by Crippen LogP contribution is 2.65. The number of imidazole rings is 1. The first-order valence-electron chi connectivity index (χ1n) is 11.8. The number of rotatable bonds is 2. The predicted octanol–water partition coefficient (Wildman–Crippen LogP) is 4.42. The van der Waals surface area contributed by atoms with Gasteiger partial charge in [-0.25, -0.2) is 4.98 Å². The number of fused-ring (bicyclic) bond motifs is 5. The monoisotopic (exact) mass is 404 g/mol. The number of aromatic nitrogens is 2. The smallest absolute Gasteiger partial charge is 0.100 e. The van der Waals surface area contributed by atoms with E-state index in [9.17, 15) is 5.11 Å². The zero-order chi connectivity index (χ0) is 21.1. The maximum atomic E-state index is 10.2. The summed E-state index contributed by atoms with van der Waals surface area (Å²) in [5, 5.41) is 12.4. The highest BCUT2D eigenvalue weighted by atomic mass is 16.3. The summed E-state index contributed by atoms with van der Waals surface area (Å²) in [5.41, 5.74) is 3.50. The molecule has 6 unspecified atom stereocenters. The molecule has 30 heavy (non-hydrogen) atoms. The van der Waals surface area contributed by atoms with Gasteiger partial charge in [0.1, 0.15) is 6.33 Å². The molecule has 3 heteroatoms. The Bertz CT molecular complexity index is 1040. The van der Waals surface area contributed by atoms with Gasteiger partial charge in [0.15, 0.2) is 0 Å². The summed E-state index contributed by atoms with van der Waals surface area (Å²) in [6, 6.07) is 0. The average molecular weight is 405 g/mol. The van der Waals surface area contributed by atoms with Crippen LogP contribution in [0.3, 0.4) is 0 Å². The fraction of sp³-hybridized carbons (Fsp3) is 0.593. The van der Waals surface area contributed by atoms with Gasteiger partial charge in [-0.3, -0.25) is 0 Å². The molecule has 1 N–H and O–H groups in total. The summed E-state index contributed by atoms with van der Waals surface area (Å²) in [4.78, 5) is 4.67. The number of allylic oxidation sites excluding steroid dienone is 4. The molecule has 1 heterocycles. The van der Waals surface area contributed by atoms with Crippen LogP contribution >= 0.6 is 0 Å². The third-order valence-electron chi connectivity index (χ3n) is 9.26. The van der Waals surface area contributed by atoms with E-state index in [0.29, 0.717) is 11.3 Å². The van der Waals surface area contributed by atoms with Crippen LogP contribution in [0.1, 0.15) is 65.7 Å². The van der Waals surface area contributed by atoms with Crippen LogP contribution in [0.4, 0.5) is 0 Å². The summed E-state index contributed by atoms with van der Waals surface area (Å²) in [6.07, 6.45) is 20.9. The molecule has 0 saturated heterocycles. The van der Waals surface area contributed by atoms with E-state index >= 15 is 0 Å². The van der Waals surface area contributed by atoms with Crippen LogP contribution in [-0.2, 0) is 0 Å². The second kappa shape index (κ2) is 7.09. The number of hydrogen-bond donors (Lipinski definition) is 1. The average Bonchev–Trinajstić information content (AvgIpc) is 3.28. The number of aliphatic hydroxyl groups excluding tert-OH is 1. The first-order chi connectivity index (χ1) is 14.4. The molecule has 2 fully saturated rings. The van der Waals surface area contributed by atoms with Crippen LogP contribution in [0.15, 0.2) is 36.7 Å². The Morgan fingerprint density at radius 2 is 1.93 bits per heavy atom. The van der Waals surface area contributed by atoms with E-state index in [1.54, 1.807) is 5.57 Å². The Balaban J connectivity index is 1.52. The minimum Gasteiger partial charge on any atom is -0.393 e. The molecule has 3 nitrogen and oxygen atoms in total. The third kappa shape index (κ3) is 2.70. The van der Waals surface area contributed by atoms with Gasteiger partial charge in [0.05, 0.1) is 16.8 Å². The molecule has 1 aromatic heterocycles. The van der Waals surface area contributed by atoms with Gasteiger partial charge in [0.25, 0.3) is 0 Å². The molecule has 6 atom stereocenters. The second-order valence-corrected chi connectivity index (χ2v) is 10.5. The Morgan fingerprint density at radius 1 is 1.13 bits per heavy atom. The lowest BCUT2D eigenvalue weighted by Crippen LogP contribution is -2.50. The Kier molecular flexibility index (Phi) is 4.74. The maximum Gasteiger partial charge on any atom is 0.100 e. The van der Waals surface area contributed by atoms with E-state index in [-0.39, 0.29) is 11.5 Å². The van der Waals surface area contributed by atoms with Gasteiger partial charge < -0.3 is 9.67 Å². The van der Waals surface area contributed by atoms with Crippen molar-refractivity contribution in [2.75, 3.05) is 0 Å². The predicted molar refractivity (Wildman–Crippen MR) is 124 cm³/mol. The molecule has 0 spiro atoms. The molecular weight excluding hydrogens is 368 g/mol. The van der Waals surface area contributed by atoms with Crippen LogP contribution in [0.2, 0.25) is 0 Å². The van der Waals surface area contributed by atoms with E-state index < -0.39 is 0 Å². The molecule has 0 aromatic carbocycles. The fourth-order valence-electron chi connectivity index (χ4n) is 7.62. The highest BCUT2D eigenvalue weighted by Gasteiger charge is 2.57. The largest absolute Gasteiger partial charge is 0.393 e. The van der Waals surface area contributed by atoms with E-state index in [0.717, 1.165) is 41.8 Å². The quantitative estimate of drug-likeness (QED) is 0.741.